The summed E-state index contributed by atoms with van der Waals surface area (Å²) in [6, 6.07) is 11.2. The highest BCUT2D eigenvalue weighted by Gasteiger charge is 2.30. The van der Waals surface area contributed by atoms with Gasteiger partial charge in [-0.1, -0.05) is 11.3 Å². The average Bonchev–Trinajstić information content (AvgIpc) is 3.32. The van der Waals surface area contributed by atoms with Crippen molar-refractivity contribution in [1.82, 2.24) is 4.57 Å². The average molecular weight is 495 g/mol. The summed E-state index contributed by atoms with van der Waals surface area (Å²) in [7, 11) is 0. The molecular formula is C24H22N4O6S. The minimum atomic E-state index is -0.554. The Hall–Kier alpha value is -4.12. The van der Waals surface area contributed by atoms with Gasteiger partial charge in [-0.25, -0.2) is 0 Å². The van der Waals surface area contributed by atoms with E-state index in [2.05, 4.69) is 10.3 Å². The van der Waals surface area contributed by atoms with Gasteiger partial charge in [-0.05, 0) is 49.4 Å². The molecule has 0 bridgehead atoms. The Bertz CT molecular complexity index is 1400. The van der Waals surface area contributed by atoms with Crippen LogP contribution in [-0.2, 0) is 30.5 Å². The number of nitrogens with zero attached hydrogens (tertiary/aromatic N) is 3. The maximum absolute atomic E-state index is 12.9. The summed E-state index contributed by atoms with van der Waals surface area (Å²) >= 11 is 1.19. The van der Waals surface area contributed by atoms with Crippen LogP contribution >= 0.6 is 11.3 Å². The van der Waals surface area contributed by atoms with E-state index in [1.165, 1.54) is 42.5 Å². The highest BCUT2D eigenvalue weighted by Crippen LogP contribution is 2.24. The summed E-state index contributed by atoms with van der Waals surface area (Å²) in [6.07, 6.45) is 0.343. The number of nitrogens with one attached hydrogen (secondary N) is 1. The normalized spacial score (nSPS) is 14.0. The SMILES string of the molecule is CCOC(=O)Cn1c(=NC(=O)c2ccc(N3C(=O)CCC3=O)cc2)sc2cc(NC(C)=O)ccc21. The molecular weight excluding hydrogens is 472 g/mol. The molecule has 1 fully saturated rings. The van der Waals surface area contributed by atoms with Gasteiger partial charge < -0.3 is 14.6 Å². The summed E-state index contributed by atoms with van der Waals surface area (Å²) < 4.78 is 7.37. The van der Waals surface area contributed by atoms with E-state index in [1.807, 2.05) is 0 Å². The van der Waals surface area contributed by atoms with Gasteiger partial charge in [0.25, 0.3) is 5.91 Å². The number of fused-ring (bicyclic) bond motifs is 1. The van der Waals surface area contributed by atoms with E-state index in [-0.39, 0.29) is 54.1 Å². The third kappa shape index (κ3) is 5.19. The maximum Gasteiger partial charge on any atom is 0.326 e. The fourth-order valence-electron chi connectivity index (χ4n) is 3.70. The molecule has 1 N–H and O–H groups in total. The van der Waals surface area contributed by atoms with Crippen molar-refractivity contribution in [2.45, 2.75) is 33.2 Å². The van der Waals surface area contributed by atoms with Crippen LogP contribution in [0.5, 0.6) is 0 Å². The third-order valence-corrected chi connectivity index (χ3v) is 6.26. The van der Waals surface area contributed by atoms with Crippen molar-refractivity contribution in [3.63, 3.8) is 0 Å². The second kappa shape index (κ2) is 10.0. The number of anilines is 2. The predicted octanol–water partition coefficient (Wildman–Crippen LogP) is 2.62. The minimum absolute atomic E-state index is 0.141. The smallest absolute Gasteiger partial charge is 0.326 e. The zero-order chi connectivity index (χ0) is 25.1. The Morgan fingerprint density at radius 3 is 2.37 bits per heavy atom. The van der Waals surface area contributed by atoms with Crippen LogP contribution in [0.1, 0.15) is 37.0 Å². The quantitative estimate of drug-likeness (QED) is 0.415. The molecule has 4 amide bonds. The largest absolute Gasteiger partial charge is 0.465 e. The molecule has 0 aliphatic carbocycles. The summed E-state index contributed by atoms with van der Waals surface area (Å²) in [4.78, 5) is 66.1. The molecule has 11 heteroatoms. The molecule has 0 spiro atoms. The van der Waals surface area contributed by atoms with Crippen LogP contribution in [0.15, 0.2) is 47.5 Å². The number of carbonyl (C=O) groups is 5. The fourth-order valence-corrected chi connectivity index (χ4v) is 4.76. The molecule has 1 aromatic heterocycles. The van der Waals surface area contributed by atoms with Crippen molar-refractivity contribution in [2.75, 3.05) is 16.8 Å². The molecule has 3 aromatic rings. The predicted molar refractivity (Wildman–Crippen MR) is 129 cm³/mol. The maximum atomic E-state index is 12.9. The molecule has 2 heterocycles. The summed E-state index contributed by atoms with van der Waals surface area (Å²) in [5, 5.41) is 2.71. The van der Waals surface area contributed by atoms with Gasteiger partial charge in [-0.3, -0.25) is 28.9 Å². The lowest BCUT2D eigenvalue weighted by Crippen LogP contribution is -2.28. The van der Waals surface area contributed by atoms with E-state index in [4.69, 9.17) is 4.74 Å². The van der Waals surface area contributed by atoms with Gasteiger partial charge in [0.05, 0.1) is 22.5 Å². The number of rotatable bonds is 6. The fraction of sp³-hybridized carbons (Fsp3) is 0.250. The number of amides is 4. The standard InChI is InChI=1S/C24H22N4O6S/c1-3-34-22(32)13-27-18-9-6-16(25-14(2)29)12-19(18)35-24(27)26-23(33)15-4-7-17(8-5-15)28-20(30)10-11-21(28)31/h4-9,12H,3,10-11,13H2,1-2H3,(H,25,29). The van der Waals surface area contributed by atoms with Gasteiger partial charge in [-0.2, -0.15) is 4.99 Å². The molecule has 10 nitrogen and oxygen atoms in total. The van der Waals surface area contributed by atoms with Crippen LogP contribution in [0.25, 0.3) is 10.2 Å². The van der Waals surface area contributed by atoms with E-state index < -0.39 is 11.9 Å². The van der Waals surface area contributed by atoms with E-state index >= 15 is 0 Å². The summed E-state index contributed by atoms with van der Waals surface area (Å²) in [6.45, 7) is 3.18. The van der Waals surface area contributed by atoms with Crippen molar-refractivity contribution in [3.05, 3.63) is 52.8 Å². The molecule has 1 aliphatic heterocycles. The molecule has 1 saturated heterocycles. The second-order valence-electron chi connectivity index (χ2n) is 7.73. The lowest BCUT2D eigenvalue weighted by molar-refractivity contribution is -0.143. The highest BCUT2D eigenvalue weighted by atomic mass is 32.1. The van der Waals surface area contributed by atoms with Gasteiger partial charge in [0.15, 0.2) is 4.80 Å². The number of thiazole rings is 1. The molecule has 180 valence electrons. The molecule has 0 saturated carbocycles. The Morgan fingerprint density at radius 2 is 1.74 bits per heavy atom. The van der Waals surface area contributed by atoms with Crippen LogP contribution in [-0.4, -0.2) is 40.8 Å². The Morgan fingerprint density at radius 1 is 1.06 bits per heavy atom. The van der Waals surface area contributed by atoms with Crippen LogP contribution < -0.4 is 15.0 Å². The first-order valence-corrected chi connectivity index (χ1v) is 11.7. The van der Waals surface area contributed by atoms with Crippen molar-refractivity contribution < 1.29 is 28.7 Å². The molecule has 0 unspecified atom stereocenters. The monoisotopic (exact) mass is 494 g/mol. The molecule has 2 aromatic carbocycles. The zero-order valence-electron chi connectivity index (χ0n) is 19.1. The lowest BCUT2D eigenvalue weighted by Gasteiger charge is -2.13. The molecule has 1 aliphatic rings. The molecule has 4 rings (SSSR count). The lowest BCUT2D eigenvalue weighted by atomic mass is 10.2. The van der Waals surface area contributed by atoms with E-state index in [0.29, 0.717) is 21.6 Å². The molecule has 0 atom stereocenters. The van der Waals surface area contributed by atoms with Crippen molar-refractivity contribution in [1.29, 1.82) is 0 Å². The third-order valence-electron chi connectivity index (χ3n) is 5.22. The Labute approximate surface area is 203 Å². The van der Waals surface area contributed by atoms with Crippen LogP contribution in [0.2, 0.25) is 0 Å². The van der Waals surface area contributed by atoms with Gasteiger partial charge in [0.2, 0.25) is 17.7 Å². The van der Waals surface area contributed by atoms with E-state index in [0.717, 1.165) is 4.90 Å². The van der Waals surface area contributed by atoms with Gasteiger partial charge >= 0.3 is 5.97 Å². The number of carbonyl (C=O) groups excluding carboxylic acids is 5. The first-order valence-electron chi connectivity index (χ1n) is 10.9. The zero-order valence-corrected chi connectivity index (χ0v) is 19.9. The van der Waals surface area contributed by atoms with Crippen molar-refractivity contribution >= 4 is 62.5 Å². The first kappa shape index (κ1) is 24.0. The highest BCUT2D eigenvalue weighted by molar-refractivity contribution is 7.16. The van der Waals surface area contributed by atoms with Crippen molar-refractivity contribution in [2.24, 2.45) is 4.99 Å². The number of benzene rings is 2. The number of ether oxygens (including phenoxy) is 1. The summed E-state index contributed by atoms with van der Waals surface area (Å²) in [5.41, 5.74) is 1.89. The van der Waals surface area contributed by atoms with Gasteiger partial charge in [0, 0.05) is 31.0 Å². The van der Waals surface area contributed by atoms with Crippen molar-refractivity contribution in [3.8, 4) is 0 Å². The number of aromatic nitrogens is 1. The molecule has 0 radical (unpaired) electrons. The van der Waals surface area contributed by atoms with Crippen LogP contribution in [0, 0.1) is 0 Å². The number of hydrogen-bond donors (Lipinski definition) is 1. The van der Waals surface area contributed by atoms with Crippen LogP contribution in [0.3, 0.4) is 0 Å². The van der Waals surface area contributed by atoms with E-state index in [1.54, 1.807) is 29.7 Å². The van der Waals surface area contributed by atoms with E-state index in [9.17, 15) is 24.0 Å². The molecule has 35 heavy (non-hydrogen) atoms. The minimum Gasteiger partial charge on any atom is -0.465 e. The first-order chi connectivity index (χ1) is 16.8. The number of hydrogen-bond acceptors (Lipinski definition) is 7. The second-order valence-corrected chi connectivity index (χ2v) is 8.74. The number of esters is 1. The Balaban J connectivity index is 1.70. The summed E-state index contributed by atoms with van der Waals surface area (Å²) in [5.74, 6) is -1.80. The Kier molecular flexibility index (Phi) is 6.87. The van der Waals surface area contributed by atoms with Crippen LogP contribution in [0.4, 0.5) is 11.4 Å². The number of imide groups is 1. The van der Waals surface area contributed by atoms with Gasteiger partial charge in [-0.15, -0.1) is 0 Å². The topological polar surface area (TPSA) is 127 Å². The van der Waals surface area contributed by atoms with Gasteiger partial charge in [0.1, 0.15) is 6.54 Å².